The SMILES string of the molecule is CCOC(=O)C#Cc1cc(OC2CCNC2)ncn1. The molecule has 1 aromatic heterocycles. The molecular formula is C13H15N3O3. The molecule has 100 valence electrons. The summed E-state index contributed by atoms with van der Waals surface area (Å²) in [5, 5.41) is 3.20. The van der Waals surface area contributed by atoms with Crippen molar-refractivity contribution in [2.45, 2.75) is 19.4 Å². The summed E-state index contributed by atoms with van der Waals surface area (Å²) in [5.41, 5.74) is 0.434. The van der Waals surface area contributed by atoms with Crippen molar-refractivity contribution >= 4 is 5.97 Å². The third-order valence-corrected chi connectivity index (χ3v) is 2.51. The number of carbonyl (C=O) groups is 1. The fourth-order valence-corrected chi connectivity index (χ4v) is 1.65. The number of hydrogen-bond acceptors (Lipinski definition) is 6. The topological polar surface area (TPSA) is 73.3 Å². The van der Waals surface area contributed by atoms with E-state index in [0.717, 1.165) is 19.5 Å². The maximum absolute atomic E-state index is 11.1. The fraction of sp³-hybridized carbons (Fsp3) is 0.462. The number of rotatable bonds is 3. The predicted molar refractivity (Wildman–Crippen MR) is 67.4 cm³/mol. The smallest absolute Gasteiger partial charge is 0.384 e. The highest BCUT2D eigenvalue weighted by atomic mass is 16.5. The lowest BCUT2D eigenvalue weighted by Crippen LogP contribution is -2.20. The van der Waals surface area contributed by atoms with E-state index in [9.17, 15) is 4.79 Å². The molecule has 1 N–H and O–H groups in total. The highest BCUT2D eigenvalue weighted by Gasteiger charge is 2.16. The summed E-state index contributed by atoms with van der Waals surface area (Å²) in [4.78, 5) is 19.1. The first-order valence-corrected chi connectivity index (χ1v) is 6.16. The molecule has 6 heteroatoms. The van der Waals surface area contributed by atoms with Crippen molar-refractivity contribution in [1.29, 1.82) is 0 Å². The summed E-state index contributed by atoms with van der Waals surface area (Å²) in [6.07, 6.45) is 2.45. The Balaban J connectivity index is 2.00. The summed E-state index contributed by atoms with van der Waals surface area (Å²) in [6.45, 7) is 3.80. The van der Waals surface area contributed by atoms with Crippen LogP contribution in [0.2, 0.25) is 0 Å². The maximum atomic E-state index is 11.1. The minimum Gasteiger partial charge on any atom is -0.473 e. The summed E-state index contributed by atoms with van der Waals surface area (Å²) in [6, 6.07) is 1.62. The largest absolute Gasteiger partial charge is 0.473 e. The molecule has 6 nitrogen and oxygen atoms in total. The molecule has 19 heavy (non-hydrogen) atoms. The monoisotopic (exact) mass is 261 g/mol. The van der Waals surface area contributed by atoms with Crippen LogP contribution in [0.5, 0.6) is 5.88 Å². The van der Waals surface area contributed by atoms with E-state index in [1.54, 1.807) is 13.0 Å². The molecule has 2 rings (SSSR count). The molecule has 1 atom stereocenters. The number of ether oxygens (including phenoxy) is 2. The van der Waals surface area contributed by atoms with Crippen molar-refractivity contribution in [2.24, 2.45) is 0 Å². The number of nitrogens with one attached hydrogen (secondary N) is 1. The lowest BCUT2D eigenvalue weighted by Gasteiger charge is -2.10. The molecule has 2 heterocycles. The van der Waals surface area contributed by atoms with E-state index in [1.165, 1.54) is 6.33 Å². The van der Waals surface area contributed by atoms with Gasteiger partial charge in [0, 0.05) is 18.5 Å². The van der Waals surface area contributed by atoms with E-state index in [4.69, 9.17) is 9.47 Å². The average molecular weight is 261 g/mol. The van der Waals surface area contributed by atoms with E-state index in [0.29, 0.717) is 18.2 Å². The zero-order chi connectivity index (χ0) is 13.5. The van der Waals surface area contributed by atoms with E-state index < -0.39 is 5.97 Å². The van der Waals surface area contributed by atoms with Gasteiger partial charge in [0.15, 0.2) is 0 Å². The Morgan fingerprint density at radius 1 is 1.58 bits per heavy atom. The third kappa shape index (κ3) is 4.23. The van der Waals surface area contributed by atoms with Gasteiger partial charge in [-0.1, -0.05) is 0 Å². The molecule has 1 aliphatic rings. The van der Waals surface area contributed by atoms with Gasteiger partial charge >= 0.3 is 5.97 Å². The Kier molecular flexibility index (Phi) is 4.70. The second-order valence-corrected chi connectivity index (χ2v) is 3.94. The Hall–Kier alpha value is -2.13. The zero-order valence-corrected chi connectivity index (χ0v) is 10.7. The Bertz CT molecular complexity index is 501. The van der Waals surface area contributed by atoms with Crippen LogP contribution in [0.3, 0.4) is 0 Å². The van der Waals surface area contributed by atoms with Crippen LogP contribution in [-0.2, 0) is 9.53 Å². The fourth-order valence-electron chi connectivity index (χ4n) is 1.65. The number of esters is 1. The van der Waals surface area contributed by atoms with Gasteiger partial charge < -0.3 is 14.8 Å². The third-order valence-electron chi connectivity index (χ3n) is 2.51. The van der Waals surface area contributed by atoms with Crippen LogP contribution < -0.4 is 10.1 Å². The first-order chi connectivity index (χ1) is 9.28. The van der Waals surface area contributed by atoms with Crippen molar-refractivity contribution in [3.05, 3.63) is 18.1 Å². The van der Waals surface area contributed by atoms with Crippen molar-refractivity contribution in [3.8, 4) is 17.7 Å². The molecule has 0 bridgehead atoms. The van der Waals surface area contributed by atoms with E-state index in [-0.39, 0.29) is 6.10 Å². The summed E-state index contributed by atoms with van der Waals surface area (Å²) in [5.74, 6) is 4.88. The van der Waals surface area contributed by atoms with Crippen molar-refractivity contribution in [1.82, 2.24) is 15.3 Å². The van der Waals surface area contributed by atoms with Gasteiger partial charge in [-0.15, -0.1) is 0 Å². The second kappa shape index (κ2) is 6.71. The Morgan fingerprint density at radius 2 is 2.47 bits per heavy atom. The maximum Gasteiger partial charge on any atom is 0.384 e. The molecule has 1 fully saturated rings. The zero-order valence-electron chi connectivity index (χ0n) is 10.7. The van der Waals surface area contributed by atoms with Gasteiger partial charge in [-0.2, -0.15) is 0 Å². The van der Waals surface area contributed by atoms with Crippen LogP contribution >= 0.6 is 0 Å². The van der Waals surface area contributed by atoms with Gasteiger partial charge in [-0.25, -0.2) is 14.8 Å². The minimum absolute atomic E-state index is 0.126. The molecule has 1 aromatic rings. The molecule has 1 saturated heterocycles. The molecular weight excluding hydrogens is 246 g/mol. The Morgan fingerprint density at radius 3 is 3.21 bits per heavy atom. The standard InChI is InChI=1S/C13H15N3O3/c1-2-18-13(17)4-3-10-7-12(16-9-15-10)19-11-5-6-14-8-11/h7,9,11,14H,2,5-6,8H2,1H3. The summed E-state index contributed by atoms with van der Waals surface area (Å²) < 4.78 is 10.4. The first-order valence-electron chi connectivity index (χ1n) is 6.16. The van der Waals surface area contributed by atoms with Gasteiger partial charge in [-0.05, 0) is 25.8 Å². The Labute approximate surface area is 111 Å². The van der Waals surface area contributed by atoms with Crippen LogP contribution in [0.1, 0.15) is 19.0 Å². The number of aromatic nitrogens is 2. The number of nitrogens with zero attached hydrogens (tertiary/aromatic N) is 2. The van der Waals surface area contributed by atoms with Gasteiger partial charge in [0.1, 0.15) is 18.1 Å². The molecule has 1 aliphatic heterocycles. The molecule has 0 saturated carbocycles. The van der Waals surface area contributed by atoms with Gasteiger partial charge in [-0.3, -0.25) is 0 Å². The quantitative estimate of drug-likeness (QED) is 0.616. The summed E-state index contributed by atoms with van der Waals surface area (Å²) in [7, 11) is 0. The highest BCUT2D eigenvalue weighted by molar-refractivity contribution is 5.88. The van der Waals surface area contributed by atoms with Crippen molar-refractivity contribution < 1.29 is 14.3 Å². The second-order valence-electron chi connectivity index (χ2n) is 3.94. The molecule has 1 unspecified atom stereocenters. The summed E-state index contributed by atoms with van der Waals surface area (Å²) >= 11 is 0. The van der Waals surface area contributed by atoms with Crippen LogP contribution in [-0.4, -0.2) is 41.7 Å². The lowest BCUT2D eigenvalue weighted by molar-refractivity contribution is -0.136. The lowest BCUT2D eigenvalue weighted by atomic mass is 10.3. The molecule has 0 aliphatic carbocycles. The van der Waals surface area contributed by atoms with E-state index >= 15 is 0 Å². The van der Waals surface area contributed by atoms with Crippen LogP contribution in [0.25, 0.3) is 0 Å². The average Bonchev–Trinajstić information content (AvgIpc) is 2.90. The first kappa shape index (κ1) is 13.3. The van der Waals surface area contributed by atoms with Gasteiger partial charge in [0.05, 0.1) is 6.61 Å². The highest BCUT2D eigenvalue weighted by Crippen LogP contribution is 2.11. The molecule has 0 amide bonds. The molecule has 0 spiro atoms. The van der Waals surface area contributed by atoms with Crippen LogP contribution in [0.15, 0.2) is 12.4 Å². The molecule has 0 radical (unpaired) electrons. The predicted octanol–water partition coefficient (Wildman–Crippen LogP) is 0.132. The van der Waals surface area contributed by atoms with Crippen molar-refractivity contribution in [3.63, 3.8) is 0 Å². The van der Waals surface area contributed by atoms with Crippen molar-refractivity contribution in [2.75, 3.05) is 19.7 Å². The van der Waals surface area contributed by atoms with E-state index in [2.05, 4.69) is 27.1 Å². The van der Waals surface area contributed by atoms with Gasteiger partial charge in [0.2, 0.25) is 5.88 Å². The van der Waals surface area contributed by atoms with E-state index in [1.807, 2.05) is 0 Å². The number of hydrogen-bond donors (Lipinski definition) is 1. The normalized spacial score (nSPS) is 17.4. The molecule has 0 aromatic carbocycles. The minimum atomic E-state index is -0.566. The van der Waals surface area contributed by atoms with Crippen LogP contribution in [0, 0.1) is 11.8 Å². The van der Waals surface area contributed by atoms with Gasteiger partial charge in [0.25, 0.3) is 0 Å². The number of carbonyl (C=O) groups excluding carboxylic acids is 1. The van der Waals surface area contributed by atoms with Crippen LogP contribution in [0.4, 0.5) is 0 Å².